The van der Waals surface area contributed by atoms with E-state index in [0.717, 1.165) is 0 Å². The van der Waals surface area contributed by atoms with Gasteiger partial charge in [-0.2, -0.15) is 0 Å². The van der Waals surface area contributed by atoms with Gasteiger partial charge in [0, 0.05) is 18.6 Å². The molecule has 0 aromatic carbocycles. The Morgan fingerprint density at radius 3 is 2.67 bits per heavy atom. The largest absolute Gasteiger partial charge is 0.298 e. The summed E-state index contributed by atoms with van der Waals surface area (Å²) in [5.41, 5.74) is 0.765. The van der Waals surface area contributed by atoms with Crippen molar-refractivity contribution in [3.8, 4) is 11.5 Å². The Kier molecular flexibility index (Phi) is 2.64. The molecule has 15 heavy (non-hydrogen) atoms. The molecule has 5 nitrogen and oxygen atoms in total. The van der Waals surface area contributed by atoms with E-state index in [4.69, 9.17) is 11.6 Å². The molecule has 0 atom stereocenters. The predicted octanol–water partition coefficient (Wildman–Crippen LogP) is 1.40. The summed E-state index contributed by atoms with van der Waals surface area (Å²) in [6.45, 7) is 0. The van der Waals surface area contributed by atoms with Crippen LogP contribution in [0.25, 0.3) is 11.5 Å². The van der Waals surface area contributed by atoms with Crippen LogP contribution in [0, 0.1) is 0 Å². The van der Waals surface area contributed by atoms with Crippen LogP contribution in [0.15, 0.2) is 24.8 Å². The minimum atomic E-state index is 0.112. The first-order valence-electron chi connectivity index (χ1n) is 4.05. The lowest BCUT2D eigenvalue weighted by molar-refractivity contribution is 0.112. The lowest BCUT2D eigenvalue weighted by atomic mass is 10.3. The summed E-state index contributed by atoms with van der Waals surface area (Å²) in [6.07, 6.45) is 6.55. The Hall–Kier alpha value is -1.88. The molecule has 2 aromatic heterocycles. The summed E-state index contributed by atoms with van der Waals surface area (Å²) in [5.74, 6) is 0.346. The van der Waals surface area contributed by atoms with E-state index in [1.54, 1.807) is 6.20 Å². The smallest absolute Gasteiger partial charge is 0.181 e. The highest BCUT2D eigenvalue weighted by Crippen LogP contribution is 2.15. The first-order valence-corrected chi connectivity index (χ1v) is 4.43. The Morgan fingerprint density at radius 1 is 1.20 bits per heavy atom. The second kappa shape index (κ2) is 4.10. The number of nitrogens with zero attached hydrogens (tertiary/aromatic N) is 4. The van der Waals surface area contributed by atoms with Crippen LogP contribution in [0.2, 0.25) is 5.15 Å². The molecule has 0 spiro atoms. The van der Waals surface area contributed by atoms with Crippen LogP contribution in [0.5, 0.6) is 0 Å². The number of carbonyl (C=O) groups is 1. The number of carbonyl (C=O) groups excluding carboxylic acids is 1. The van der Waals surface area contributed by atoms with Gasteiger partial charge in [0.1, 0.15) is 10.8 Å². The van der Waals surface area contributed by atoms with Crippen molar-refractivity contribution in [2.24, 2.45) is 0 Å². The van der Waals surface area contributed by atoms with Crippen molar-refractivity contribution in [2.45, 2.75) is 0 Å². The lowest BCUT2D eigenvalue weighted by Gasteiger charge is -1.99. The van der Waals surface area contributed by atoms with Gasteiger partial charge in [-0.1, -0.05) is 11.6 Å². The number of rotatable bonds is 2. The summed E-state index contributed by atoms with van der Waals surface area (Å²) < 4.78 is 0. The minimum Gasteiger partial charge on any atom is -0.298 e. The van der Waals surface area contributed by atoms with Gasteiger partial charge >= 0.3 is 0 Å². The molecule has 0 saturated heterocycles. The molecule has 0 aliphatic carbocycles. The average Bonchev–Trinajstić information content (AvgIpc) is 2.30. The molecule has 0 saturated carbocycles. The minimum absolute atomic E-state index is 0.112. The second-order valence-corrected chi connectivity index (χ2v) is 3.01. The van der Waals surface area contributed by atoms with Crippen LogP contribution in [0.4, 0.5) is 0 Å². The third kappa shape index (κ3) is 1.97. The fraction of sp³-hybridized carbons (Fsp3) is 0. The van der Waals surface area contributed by atoms with E-state index in [9.17, 15) is 4.79 Å². The van der Waals surface area contributed by atoms with Gasteiger partial charge in [0.2, 0.25) is 0 Å². The number of halogens is 1. The van der Waals surface area contributed by atoms with Gasteiger partial charge in [-0.05, 0) is 0 Å². The van der Waals surface area contributed by atoms with Crippen molar-refractivity contribution in [1.29, 1.82) is 0 Å². The van der Waals surface area contributed by atoms with Crippen LogP contribution < -0.4 is 0 Å². The first-order chi connectivity index (χ1) is 7.31. The first kappa shape index (κ1) is 9.67. The van der Waals surface area contributed by atoms with Crippen molar-refractivity contribution in [2.75, 3.05) is 0 Å². The molecule has 0 radical (unpaired) electrons. The monoisotopic (exact) mass is 220 g/mol. The quantitative estimate of drug-likeness (QED) is 0.565. The van der Waals surface area contributed by atoms with Gasteiger partial charge in [-0.3, -0.25) is 9.78 Å². The molecular weight excluding hydrogens is 216 g/mol. The molecule has 6 heteroatoms. The summed E-state index contributed by atoms with van der Waals surface area (Å²) in [6, 6.07) is 0. The molecule has 2 aromatic rings. The average molecular weight is 221 g/mol. The van der Waals surface area contributed by atoms with E-state index < -0.39 is 0 Å². The predicted molar refractivity (Wildman–Crippen MR) is 53.5 cm³/mol. The SMILES string of the molecule is O=Cc1cnc(-c2cnccn2)nc1Cl. The number of hydrogen-bond donors (Lipinski definition) is 0. The van der Waals surface area contributed by atoms with E-state index in [2.05, 4.69) is 19.9 Å². The molecular formula is C9H5ClN4O. The van der Waals surface area contributed by atoms with Crippen LogP contribution in [0.1, 0.15) is 10.4 Å². The molecule has 0 amide bonds. The van der Waals surface area contributed by atoms with Crippen molar-refractivity contribution in [3.05, 3.63) is 35.5 Å². The maximum Gasteiger partial charge on any atom is 0.181 e. The van der Waals surface area contributed by atoms with Gasteiger partial charge in [-0.15, -0.1) is 0 Å². The highest BCUT2D eigenvalue weighted by Gasteiger charge is 2.06. The van der Waals surface area contributed by atoms with E-state index in [0.29, 0.717) is 17.8 Å². The van der Waals surface area contributed by atoms with E-state index in [-0.39, 0.29) is 10.7 Å². The zero-order valence-corrected chi connectivity index (χ0v) is 8.22. The summed E-state index contributed by atoms with van der Waals surface area (Å²) in [7, 11) is 0. The van der Waals surface area contributed by atoms with Crippen LogP contribution in [-0.4, -0.2) is 26.2 Å². The van der Waals surface area contributed by atoms with Crippen molar-refractivity contribution < 1.29 is 4.79 Å². The molecule has 74 valence electrons. The van der Waals surface area contributed by atoms with Crippen LogP contribution in [0.3, 0.4) is 0 Å². The summed E-state index contributed by atoms with van der Waals surface area (Å²) in [4.78, 5) is 26.3. The Morgan fingerprint density at radius 2 is 2.07 bits per heavy atom. The number of aldehydes is 1. The Bertz CT molecular complexity index is 489. The standard InChI is InChI=1S/C9H5ClN4O/c10-8-6(5-15)3-13-9(14-8)7-4-11-1-2-12-7/h1-5H. The zero-order valence-electron chi connectivity index (χ0n) is 7.46. The van der Waals surface area contributed by atoms with Crippen molar-refractivity contribution in [1.82, 2.24) is 19.9 Å². The lowest BCUT2D eigenvalue weighted by Crippen LogP contribution is -1.95. The maximum atomic E-state index is 10.5. The second-order valence-electron chi connectivity index (χ2n) is 2.65. The zero-order chi connectivity index (χ0) is 10.7. The van der Waals surface area contributed by atoms with Gasteiger partial charge in [0.25, 0.3) is 0 Å². The topological polar surface area (TPSA) is 68.6 Å². The Labute approximate surface area is 90.2 Å². The summed E-state index contributed by atoms with van der Waals surface area (Å²) in [5, 5.41) is 0.112. The van der Waals surface area contributed by atoms with Gasteiger partial charge in [-0.25, -0.2) is 15.0 Å². The van der Waals surface area contributed by atoms with E-state index in [1.165, 1.54) is 18.6 Å². The van der Waals surface area contributed by atoms with Crippen molar-refractivity contribution in [3.63, 3.8) is 0 Å². The fourth-order valence-electron chi connectivity index (χ4n) is 0.987. The molecule has 2 heterocycles. The third-order valence-electron chi connectivity index (χ3n) is 1.69. The molecule has 0 aliphatic rings. The highest BCUT2D eigenvalue weighted by molar-refractivity contribution is 6.31. The van der Waals surface area contributed by atoms with Gasteiger partial charge in [0.15, 0.2) is 12.1 Å². The fourth-order valence-corrected chi connectivity index (χ4v) is 1.16. The third-order valence-corrected chi connectivity index (χ3v) is 1.99. The van der Waals surface area contributed by atoms with Crippen molar-refractivity contribution >= 4 is 17.9 Å². The molecule has 0 N–H and O–H groups in total. The highest BCUT2D eigenvalue weighted by atomic mass is 35.5. The molecule has 0 unspecified atom stereocenters. The Balaban J connectivity index is 2.47. The molecule has 0 bridgehead atoms. The number of aromatic nitrogens is 4. The van der Waals surface area contributed by atoms with E-state index in [1.807, 2.05) is 0 Å². The van der Waals surface area contributed by atoms with Crippen LogP contribution in [-0.2, 0) is 0 Å². The molecule has 0 fully saturated rings. The number of hydrogen-bond acceptors (Lipinski definition) is 5. The molecule has 0 aliphatic heterocycles. The van der Waals surface area contributed by atoms with Gasteiger partial charge < -0.3 is 0 Å². The van der Waals surface area contributed by atoms with Crippen LogP contribution >= 0.6 is 11.6 Å². The normalized spacial score (nSPS) is 9.93. The summed E-state index contributed by atoms with van der Waals surface area (Å²) >= 11 is 5.75. The molecule has 2 rings (SSSR count). The maximum absolute atomic E-state index is 10.5. The van der Waals surface area contributed by atoms with Gasteiger partial charge in [0.05, 0.1) is 11.8 Å². The van der Waals surface area contributed by atoms with E-state index >= 15 is 0 Å².